The molecule has 4 saturated carbocycles. The number of carbonyl (C=O) groups excluding carboxylic acids is 3. The Kier molecular flexibility index (Phi) is 7.61. The normalized spacial score (nSPS) is 30.6. The molecule has 4 aliphatic carbocycles. The van der Waals surface area contributed by atoms with Crippen LogP contribution in [-0.4, -0.2) is 86.3 Å². The van der Waals surface area contributed by atoms with Crippen LogP contribution in [0.3, 0.4) is 0 Å². The van der Waals surface area contributed by atoms with Gasteiger partial charge in [0.1, 0.15) is 18.8 Å². The maximum Gasteiger partial charge on any atom is 0.490 e. The molecule has 1 aliphatic heterocycles. The molecule has 11 nitrogen and oxygen atoms in total. The molecule has 0 amide bonds. The summed E-state index contributed by atoms with van der Waals surface area (Å²) in [6.45, 7) is -3.85. The average molecular weight is 634 g/mol. The summed E-state index contributed by atoms with van der Waals surface area (Å²) in [5.74, 6) is -11.0. The van der Waals surface area contributed by atoms with Crippen LogP contribution in [-0.2, 0) is 48.2 Å². The van der Waals surface area contributed by atoms with Crippen LogP contribution in [0.4, 0.5) is 35.1 Å². The summed E-state index contributed by atoms with van der Waals surface area (Å²) >= 11 is 0. The first-order chi connectivity index (χ1) is 18.5. The van der Waals surface area contributed by atoms with E-state index in [1.54, 1.807) is 0 Å². The topological polar surface area (TPSA) is 152 Å². The third kappa shape index (κ3) is 5.83. The van der Waals surface area contributed by atoms with Gasteiger partial charge in [0, 0.05) is 11.8 Å². The molecule has 5 aliphatic rings. The molecule has 4 bridgehead atoms. The number of alkyl halides is 8. The van der Waals surface area contributed by atoms with Crippen molar-refractivity contribution in [1.29, 1.82) is 0 Å². The van der Waals surface area contributed by atoms with E-state index in [2.05, 4.69) is 9.47 Å². The lowest BCUT2D eigenvalue weighted by Gasteiger charge is -2.65. The van der Waals surface area contributed by atoms with Crippen molar-refractivity contribution in [3.8, 4) is 0 Å². The monoisotopic (exact) mass is 634 g/mol. The first kappa shape index (κ1) is 31.6. The number of esters is 3. The van der Waals surface area contributed by atoms with E-state index in [4.69, 9.17) is 18.8 Å². The molecule has 5 fully saturated rings. The van der Waals surface area contributed by atoms with Gasteiger partial charge in [0.25, 0.3) is 0 Å². The van der Waals surface area contributed by atoms with Crippen molar-refractivity contribution < 1.29 is 86.2 Å². The SMILES string of the molecule is O=C(OCC1(COC(=O)C(F)(F)F)COC2(OC1)C1CC3CC2CC(OC(=O)C(F)(F)S(=O)(=O)O)(C3)C1)C(F)(F)F. The van der Waals surface area contributed by atoms with E-state index >= 15 is 0 Å². The molecule has 2 atom stereocenters. The van der Waals surface area contributed by atoms with Gasteiger partial charge >= 0.3 is 45.6 Å². The minimum atomic E-state index is -6.14. The number of halogens is 8. The van der Waals surface area contributed by atoms with Crippen molar-refractivity contribution in [3.05, 3.63) is 0 Å². The summed E-state index contributed by atoms with van der Waals surface area (Å²) in [4.78, 5) is 34.5. The van der Waals surface area contributed by atoms with Gasteiger partial charge in [-0.05, 0) is 38.0 Å². The molecule has 0 radical (unpaired) electrons. The van der Waals surface area contributed by atoms with Crippen LogP contribution in [0, 0.1) is 23.2 Å². The fourth-order valence-electron chi connectivity index (χ4n) is 6.24. The second-order valence-corrected chi connectivity index (χ2v) is 12.3. The number of hydrogen-bond acceptors (Lipinski definition) is 10. The summed E-state index contributed by atoms with van der Waals surface area (Å²) in [6.07, 6.45) is -10.5. The Labute approximate surface area is 225 Å². The standard InChI is InChI=1S/C21H22F8O11S/c22-19(23,24)13(30)36-6-16(7-37-14(31)20(25,26)27)8-38-18(39-9-16)11-1-10-2-12(18)5-17(3-10,4-11)40-15(32)21(28,29)41(33,34)35/h10-12H,1-9H2,(H,33,34,35). The molecule has 1 saturated heterocycles. The van der Waals surface area contributed by atoms with Crippen molar-refractivity contribution in [2.45, 2.75) is 61.1 Å². The van der Waals surface area contributed by atoms with E-state index in [9.17, 15) is 57.9 Å². The highest BCUT2D eigenvalue weighted by molar-refractivity contribution is 7.87. The average Bonchev–Trinajstić information content (AvgIpc) is 2.83. The van der Waals surface area contributed by atoms with Gasteiger partial charge in [0.05, 0.1) is 18.6 Å². The molecule has 41 heavy (non-hydrogen) atoms. The van der Waals surface area contributed by atoms with Gasteiger partial charge in [-0.25, -0.2) is 14.4 Å². The Morgan fingerprint density at radius 3 is 1.61 bits per heavy atom. The molecular weight excluding hydrogens is 612 g/mol. The predicted octanol–water partition coefficient (Wildman–Crippen LogP) is 2.53. The minimum Gasteiger partial charge on any atom is -0.458 e. The van der Waals surface area contributed by atoms with Gasteiger partial charge in [0.2, 0.25) is 0 Å². The van der Waals surface area contributed by atoms with E-state index in [0.717, 1.165) is 0 Å². The van der Waals surface area contributed by atoms with Gasteiger partial charge in [-0.3, -0.25) is 4.55 Å². The van der Waals surface area contributed by atoms with E-state index in [0.29, 0.717) is 12.8 Å². The van der Waals surface area contributed by atoms with Gasteiger partial charge in [-0.1, -0.05) is 0 Å². The van der Waals surface area contributed by atoms with Crippen LogP contribution in [0.25, 0.3) is 0 Å². The van der Waals surface area contributed by atoms with Crippen molar-refractivity contribution >= 4 is 28.0 Å². The number of ether oxygens (including phenoxy) is 5. The molecule has 5 rings (SSSR count). The molecule has 0 aromatic rings. The molecule has 0 aromatic carbocycles. The lowest BCUT2D eigenvalue weighted by atomic mass is 9.51. The summed E-state index contributed by atoms with van der Waals surface area (Å²) in [6, 6.07) is 0. The summed E-state index contributed by atoms with van der Waals surface area (Å²) in [5.41, 5.74) is -3.58. The predicted molar refractivity (Wildman–Crippen MR) is 110 cm³/mol. The molecule has 234 valence electrons. The molecule has 20 heteroatoms. The Morgan fingerprint density at radius 1 is 0.780 bits per heavy atom. The molecule has 2 unspecified atom stereocenters. The summed E-state index contributed by atoms with van der Waals surface area (Å²) in [7, 11) is -6.14. The molecule has 1 spiro atoms. The minimum absolute atomic E-state index is 0.0775. The van der Waals surface area contributed by atoms with Crippen LogP contribution < -0.4 is 0 Å². The van der Waals surface area contributed by atoms with Gasteiger partial charge < -0.3 is 23.7 Å². The lowest BCUT2D eigenvalue weighted by Crippen LogP contribution is -2.69. The summed E-state index contributed by atoms with van der Waals surface area (Å²) < 4.78 is 159. The zero-order valence-corrected chi connectivity index (χ0v) is 21.4. The fourth-order valence-corrected chi connectivity index (χ4v) is 6.49. The van der Waals surface area contributed by atoms with E-state index in [1.165, 1.54) is 0 Å². The van der Waals surface area contributed by atoms with Crippen molar-refractivity contribution in [2.75, 3.05) is 26.4 Å². The Morgan fingerprint density at radius 2 is 1.22 bits per heavy atom. The van der Waals surface area contributed by atoms with Crippen LogP contribution in [0.5, 0.6) is 0 Å². The van der Waals surface area contributed by atoms with E-state index in [-0.39, 0.29) is 25.2 Å². The van der Waals surface area contributed by atoms with Gasteiger partial charge in [-0.2, -0.15) is 43.5 Å². The number of carbonyl (C=O) groups is 3. The second-order valence-electron chi connectivity index (χ2n) is 10.9. The molecule has 1 heterocycles. The van der Waals surface area contributed by atoms with Crippen molar-refractivity contribution in [3.63, 3.8) is 0 Å². The summed E-state index contributed by atoms with van der Waals surface area (Å²) in [5, 5.41) is -5.24. The highest BCUT2D eigenvalue weighted by Crippen LogP contribution is 2.64. The van der Waals surface area contributed by atoms with Crippen molar-refractivity contribution in [1.82, 2.24) is 0 Å². The maximum atomic E-state index is 13.9. The van der Waals surface area contributed by atoms with Crippen LogP contribution >= 0.6 is 0 Å². The zero-order chi connectivity index (χ0) is 30.9. The van der Waals surface area contributed by atoms with Crippen molar-refractivity contribution in [2.24, 2.45) is 23.2 Å². The lowest BCUT2D eigenvalue weighted by molar-refractivity contribution is -0.397. The fraction of sp³-hybridized carbons (Fsp3) is 0.857. The highest BCUT2D eigenvalue weighted by atomic mass is 32.2. The molecule has 1 N–H and O–H groups in total. The largest absolute Gasteiger partial charge is 0.490 e. The second kappa shape index (κ2) is 9.87. The highest BCUT2D eigenvalue weighted by Gasteiger charge is 2.68. The third-order valence-electron chi connectivity index (χ3n) is 7.83. The van der Waals surface area contributed by atoms with Crippen LogP contribution in [0.2, 0.25) is 0 Å². The van der Waals surface area contributed by atoms with E-state index < -0.39 is 101 Å². The van der Waals surface area contributed by atoms with Crippen LogP contribution in [0.15, 0.2) is 0 Å². The van der Waals surface area contributed by atoms with Gasteiger partial charge in [0.15, 0.2) is 5.79 Å². The smallest absolute Gasteiger partial charge is 0.458 e. The molecular formula is C21H22F8O11S. The quantitative estimate of drug-likeness (QED) is 0.190. The Balaban J connectivity index is 1.51. The van der Waals surface area contributed by atoms with Crippen LogP contribution in [0.1, 0.15) is 32.1 Å². The zero-order valence-electron chi connectivity index (χ0n) is 20.6. The Hall–Kier alpha value is -2.32. The molecule has 0 aromatic heterocycles. The Bertz CT molecular complexity index is 1140. The third-order valence-corrected chi connectivity index (χ3v) is 8.65. The van der Waals surface area contributed by atoms with E-state index in [1.807, 2.05) is 0 Å². The first-order valence-electron chi connectivity index (χ1n) is 11.9. The van der Waals surface area contributed by atoms with Gasteiger partial charge in [-0.15, -0.1) is 0 Å². The number of hydrogen-bond donors (Lipinski definition) is 1. The first-order valence-corrected chi connectivity index (χ1v) is 13.3. The maximum absolute atomic E-state index is 13.9. The number of rotatable bonds is 7.